The molecule has 2 aliphatic heterocycles. The van der Waals surface area contributed by atoms with Crippen molar-refractivity contribution in [3.8, 4) is 11.4 Å². The van der Waals surface area contributed by atoms with Crippen LogP contribution in [-0.4, -0.2) is 46.4 Å². The third kappa shape index (κ3) is 1.76. The number of aliphatic imine (C=N–C) groups is 1. The van der Waals surface area contributed by atoms with Crippen LogP contribution in [-0.2, 0) is 0 Å². The van der Waals surface area contributed by atoms with E-state index in [0.717, 1.165) is 29.3 Å². The summed E-state index contributed by atoms with van der Waals surface area (Å²) in [6.07, 6.45) is 0.923. The Labute approximate surface area is 128 Å². The Morgan fingerprint density at radius 2 is 2.09 bits per heavy atom. The predicted octanol–water partition coefficient (Wildman–Crippen LogP) is 2.49. The molecule has 2 amide bonds. The number of carbonyl (C=O) groups is 1. The summed E-state index contributed by atoms with van der Waals surface area (Å²) in [5.74, 6) is 2.13. The number of hydrogen-bond donors (Lipinski definition) is 1. The van der Waals surface area contributed by atoms with Gasteiger partial charge in [-0.1, -0.05) is 37.3 Å². The highest BCUT2D eigenvalue weighted by atomic mass is 16.2. The van der Waals surface area contributed by atoms with Crippen LogP contribution in [0.5, 0.6) is 0 Å². The molecule has 0 saturated carbocycles. The van der Waals surface area contributed by atoms with Crippen molar-refractivity contribution in [2.45, 2.75) is 19.4 Å². The molecule has 0 fully saturated rings. The van der Waals surface area contributed by atoms with Crippen LogP contribution in [0.2, 0.25) is 0 Å². The van der Waals surface area contributed by atoms with Gasteiger partial charge in [-0.3, -0.25) is 14.8 Å². The van der Waals surface area contributed by atoms with Crippen LogP contribution >= 0.6 is 0 Å². The lowest BCUT2D eigenvalue weighted by Crippen LogP contribution is -2.48. The molecule has 6 nitrogen and oxygen atoms in total. The molecule has 1 atom stereocenters. The van der Waals surface area contributed by atoms with Crippen molar-refractivity contribution in [2.75, 3.05) is 18.5 Å². The minimum atomic E-state index is -0.0617. The average molecular weight is 295 g/mol. The first-order valence-electron chi connectivity index (χ1n) is 7.48. The number of nitrogens with zero attached hydrogens (tertiary/aromatic N) is 4. The van der Waals surface area contributed by atoms with Crippen molar-refractivity contribution in [2.24, 2.45) is 4.99 Å². The van der Waals surface area contributed by atoms with Gasteiger partial charge in [0.2, 0.25) is 0 Å². The largest absolute Gasteiger partial charge is 0.334 e. The van der Waals surface area contributed by atoms with E-state index in [-0.39, 0.29) is 12.1 Å². The third-order valence-electron chi connectivity index (χ3n) is 4.22. The maximum atomic E-state index is 12.5. The summed E-state index contributed by atoms with van der Waals surface area (Å²) in [6.45, 7) is 2.73. The highest BCUT2D eigenvalue weighted by Crippen LogP contribution is 2.32. The van der Waals surface area contributed by atoms with Crippen molar-refractivity contribution in [1.29, 1.82) is 0 Å². The minimum absolute atomic E-state index is 0.0617. The van der Waals surface area contributed by atoms with Crippen molar-refractivity contribution >= 4 is 17.7 Å². The molecule has 4 rings (SSSR count). The van der Waals surface area contributed by atoms with Crippen LogP contribution < -0.4 is 4.90 Å². The van der Waals surface area contributed by atoms with Crippen LogP contribution in [0.15, 0.2) is 35.3 Å². The fourth-order valence-electron chi connectivity index (χ4n) is 2.94. The van der Waals surface area contributed by atoms with Gasteiger partial charge in [-0.05, 0) is 6.42 Å². The first kappa shape index (κ1) is 13.1. The summed E-state index contributed by atoms with van der Waals surface area (Å²) in [5.41, 5.74) is 1.83. The third-order valence-corrected chi connectivity index (χ3v) is 4.22. The second kappa shape index (κ2) is 4.69. The molecule has 1 N–H and O–H groups in total. The zero-order chi connectivity index (χ0) is 15.3. The number of hydrogen-bond acceptors (Lipinski definition) is 3. The van der Waals surface area contributed by atoms with E-state index in [9.17, 15) is 4.79 Å². The van der Waals surface area contributed by atoms with E-state index < -0.39 is 0 Å². The van der Waals surface area contributed by atoms with Gasteiger partial charge in [0.25, 0.3) is 0 Å². The van der Waals surface area contributed by atoms with Gasteiger partial charge >= 0.3 is 6.03 Å². The van der Waals surface area contributed by atoms with Gasteiger partial charge in [0, 0.05) is 12.6 Å². The summed E-state index contributed by atoms with van der Waals surface area (Å²) in [7, 11) is 1.76. The minimum Gasteiger partial charge on any atom is -0.334 e. The van der Waals surface area contributed by atoms with Crippen LogP contribution in [0.4, 0.5) is 10.6 Å². The van der Waals surface area contributed by atoms with Gasteiger partial charge in [0.05, 0.1) is 12.6 Å². The SMILES string of the molecule is CC[C@@H]1CN2C(=O)N(C)c3nc(-c4ccccc4)[nH]c3C2=N1. The second-order valence-corrected chi connectivity index (χ2v) is 5.62. The normalized spacial score (nSPS) is 20.0. The Kier molecular flexibility index (Phi) is 2.79. The molecule has 1 aromatic heterocycles. The number of rotatable bonds is 2. The van der Waals surface area contributed by atoms with Crippen molar-refractivity contribution < 1.29 is 4.79 Å². The van der Waals surface area contributed by atoms with Crippen LogP contribution in [0, 0.1) is 0 Å². The number of carbonyl (C=O) groups excluding carboxylic acids is 1. The number of aromatic nitrogens is 2. The molecule has 0 saturated heterocycles. The lowest BCUT2D eigenvalue weighted by Gasteiger charge is -2.29. The van der Waals surface area contributed by atoms with Gasteiger partial charge in [0.15, 0.2) is 11.7 Å². The molecule has 112 valence electrons. The average Bonchev–Trinajstić information content (AvgIpc) is 3.17. The van der Waals surface area contributed by atoms with E-state index >= 15 is 0 Å². The second-order valence-electron chi connectivity index (χ2n) is 5.62. The van der Waals surface area contributed by atoms with Crippen molar-refractivity contribution in [3.63, 3.8) is 0 Å². The first-order chi connectivity index (χ1) is 10.7. The smallest absolute Gasteiger partial charge is 0.331 e. The maximum absolute atomic E-state index is 12.5. The molecule has 22 heavy (non-hydrogen) atoms. The standard InChI is InChI=1S/C16H17N5O/c1-3-11-9-21-15(17-11)12-14(20(2)16(21)22)19-13(18-12)10-7-5-4-6-8-10/h4-8,11H,3,9H2,1-2H3,(H,18,19)/t11-/m1/s1. The fraction of sp³-hybridized carbons (Fsp3) is 0.312. The van der Waals surface area contributed by atoms with Crippen molar-refractivity contribution in [3.05, 3.63) is 36.0 Å². The Balaban J connectivity index is 1.85. The van der Waals surface area contributed by atoms with Gasteiger partial charge in [-0.15, -0.1) is 0 Å². The number of aromatic amines is 1. The molecule has 0 aliphatic carbocycles. The monoisotopic (exact) mass is 295 g/mol. The van der Waals surface area contributed by atoms with Gasteiger partial charge in [0.1, 0.15) is 11.5 Å². The molecule has 3 heterocycles. The van der Waals surface area contributed by atoms with Crippen molar-refractivity contribution in [1.82, 2.24) is 14.9 Å². The molecule has 0 spiro atoms. The molecule has 2 aromatic rings. The highest BCUT2D eigenvalue weighted by Gasteiger charge is 2.40. The fourth-order valence-corrected chi connectivity index (χ4v) is 2.94. The number of imidazole rings is 1. The zero-order valence-corrected chi connectivity index (χ0v) is 12.6. The predicted molar refractivity (Wildman–Crippen MR) is 85.1 cm³/mol. The number of nitrogens with one attached hydrogen (secondary N) is 1. The summed E-state index contributed by atoms with van der Waals surface area (Å²) in [5, 5.41) is 0. The number of urea groups is 1. The van der Waals surface area contributed by atoms with E-state index in [4.69, 9.17) is 0 Å². The Hall–Kier alpha value is -2.63. The molecule has 6 heteroatoms. The number of amides is 2. The number of anilines is 1. The molecule has 0 radical (unpaired) electrons. The van der Waals surface area contributed by atoms with Gasteiger partial charge < -0.3 is 4.98 Å². The Bertz CT molecular complexity index is 764. The van der Waals surface area contributed by atoms with E-state index in [1.54, 1.807) is 16.8 Å². The van der Waals surface area contributed by atoms with Crippen LogP contribution in [0.3, 0.4) is 0 Å². The number of amidine groups is 1. The topological polar surface area (TPSA) is 64.6 Å². The van der Waals surface area contributed by atoms with Crippen LogP contribution in [0.25, 0.3) is 11.4 Å². The number of fused-ring (bicyclic) bond motifs is 3. The molecule has 2 aliphatic rings. The summed E-state index contributed by atoms with van der Waals surface area (Å²) in [4.78, 5) is 28.5. The number of benzene rings is 1. The van der Waals surface area contributed by atoms with Gasteiger partial charge in [-0.25, -0.2) is 9.78 Å². The number of H-pyrrole nitrogens is 1. The van der Waals surface area contributed by atoms with E-state index in [2.05, 4.69) is 21.9 Å². The lowest BCUT2D eigenvalue weighted by atomic mass is 10.2. The lowest BCUT2D eigenvalue weighted by molar-refractivity contribution is 0.228. The maximum Gasteiger partial charge on any atom is 0.331 e. The summed E-state index contributed by atoms with van der Waals surface area (Å²) < 4.78 is 0. The van der Waals surface area contributed by atoms with Gasteiger partial charge in [-0.2, -0.15) is 0 Å². The summed E-state index contributed by atoms with van der Waals surface area (Å²) in [6, 6.07) is 10.0. The highest BCUT2D eigenvalue weighted by molar-refractivity contribution is 6.18. The summed E-state index contributed by atoms with van der Waals surface area (Å²) >= 11 is 0. The van der Waals surface area contributed by atoms with E-state index in [1.807, 2.05) is 30.3 Å². The molecule has 1 aromatic carbocycles. The first-order valence-corrected chi connectivity index (χ1v) is 7.48. The zero-order valence-electron chi connectivity index (χ0n) is 12.6. The molecule has 0 bridgehead atoms. The molecule has 0 unspecified atom stereocenters. The Morgan fingerprint density at radius 1 is 1.32 bits per heavy atom. The van der Waals surface area contributed by atoms with E-state index in [0.29, 0.717) is 12.4 Å². The quantitative estimate of drug-likeness (QED) is 0.925. The van der Waals surface area contributed by atoms with Crippen LogP contribution in [0.1, 0.15) is 19.0 Å². The Morgan fingerprint density at radius 3 is 2.82 bits per heavy atom. The van der Waals surface area contributed by atoms with E-state index in [1.165, 1.54) is 0 Å². The molecular weight excluding hydrogens is 278 g/mol. The molecular formula is C16H17N5O.